The van der Waals surface area contributed by atoms with Gasteiger partial charge in [0.15, 0.2) is 9.34 Å². The van der Waals surface area contributed by atoms with Crippen molar-refractivity contribution in [2.45, 2.75) is 49.3 Å². The van der Waals surface area contributed by atoms with E-state index in [4.69, 9.17) is 5.14 Å². The Morgan fingerprint density at radius 1 is 1.36 bits per heavy atom. The van der Waals surface area contributed by atoms with Crippen molar-refractivity contribution < 1.29 is 8.42 Å². The molecule has 1 saturated carbocycles. The van der Waals surface area contributed by atoms with E-state index in [9.17, 15) is 8.42 Å². The molecule has 0 spiro atoms. The maximum atomic E-state index is 11.5. The summed E-state index contributed by atoms with van der Waals surface area (Å²) in [5.41, 5.74) is 0.482. The van der Waals surface area contributed by atoms with E-state index in [1.807, 2.05) is 0 Å². The zero-order valence-electron chi connectivity index (χ0n) is 12.9. The van der Waals surface area contributed by atoms with Crippen molar-refractivity contribution in [1.82, 2.24) is 9.88 Å². The summed E-state index contributed by atoms with van der Waals surface area (Å²) < 4.78 is 23.1. The van der Waals surface area contributed by atoms with Crippen LogP contribution in [0, 0.1) is 12.8 Å². The zero-order chi connectivity index (χ0) is 15.7. The lowest BCUT2D eigenvalue weighted by atomic mass is 10.1. The van der Waals surface area contributed by atoms with Crippen molar-refractivity contribution >= 4 is 26.5 Å². The molecular weight excluding hydrogens is 320 g/mol. The van der Waals surface area contributed by atoms with Gasteiger partial charge in [-0.25, -0.2) is 18.5 Å². The minimum absolute atomic E-state index is 0.163. The first-order valence-electron chi connectivity index (χ1n) is 7.91. The molecule has 2 heterocycles. The number of thiazole rings is 1. The van der Waals surface area contributed by atoms with Gasteiger partial charge in [-0.3, -0.25) is 0 Å². The van der Waals surface area contributed by atoms with Gasteiger partial charge in [-0.05, 0) is 32.1 Å². The molecule has 1 saturated heterocycles. The van der Waals surface area contributed by atoms with Gasteiger partial charge in [0.05, 0.1) is 5.69 Å². The molecule has 8 heteroatoms. The Hall–Kier alpha value is -0.700. The molecule has 1 aliphatic heterocycles. The molecule has 124 valence electrons. The Morgan fingerprint density at radius 3 is 2.73 bits per heavy atom. The first-order valence-corrected chi connectivity index (χ1v) is 10.3. The second-order valence-electron chi connectivity index (χ2n) is 6.48. The first-order chi connectivity index (χ1) is 10.4. The number of nitrogens with one attached hydrogen (secondary N) is 1. The zero-order valence-corrected chi connectivity index (χ0v) is 14.5. The molecule has 0 aromatic carbocycles. The summed E-state index contributed by atoms with van der Waals surface area (Å²) in [6.45, 7) is 5.01. The van der Waals surface area contributed by atoms with Gasteiger partial charge in [0, 0.05) is 25.7 Å². The predicted molar refractivity (Wildman–Crippen MR) is 88.6 cm³/mol. The Kier molecular flexibility index (Phi) is 4.72. The first kappa shape index (κ1) is 16.2. The van der Waals surface area contributed by atoms with E-state index in [0.717, 1.165) is 36.8 Å². The van der Waals surface area contributed by atoms with Gasteiger partial charge in [-0.1, -0.05) is 24.2 Å². The average Bonchev–Trinajstić information content (AvgIpc) is 3.12. The lowest BCUT2D eigenvalue weighted by Crippen LogP contribution is -2.29. The van der Waals surface area contributed by atoms with Crippen molar-refractivity contribution in [2.75, 3.05) is 25.0 Å². The van der Waals surface area contributed by atoms with Crippen LogP contribution in [0.3, 0.4) is 0 Å². The molecule has 0 amide bonds. The van der Waals surface area contributed by atoms with Crippen molar-refractivity contribution in [2.24, 2.45) is 11.1 Å². The fourth-order valence-electron chi connectivity index (χ4n) is 3.56. The van der Waals surface area contributed by atoms with Crippen LogP contribution in [0.5, 0.6) is 0 Å². The summed E-state index contributed by atoms with van der Waals surface area (Å²) in [6, 6.07) is 0.347. The highest BCUT2D eigenvalue weighted by molar-refractivity contribution is 7.91. The molecule has 1 aromatic heterocycles. The van der Waals surface area contributed by atoms with Gasteiger partial charge in [-0.2, -0.15) is 0 Å². The molecule has 1 atom stereocenters. The van der Waals surface area contributed by atoms with Gasteiger partial charge in [0.1, 0.15) is 0 Å². The number of anilines is 1. The normalized spacial score (nSPS) is 24.2. The highest BCUT2D eigenvalue weighted by atomic mass is 32.2. The second kappa shape index (κ2) is 6.43. The molecule has 22 heavy (non-hydrogen) atoms. The van der Waals surface area contributed by atoms with Gasteiger partial charge >= 0.3 is 0 Å². The van der Waals surface area contributed by atoms with Crippen LogP contribution >= 0.6 is 11.3 Å². The van der Waals surface area contributed by atoms with Crippen LogP contribution in [0.15, 0.2) is 4.21 Å². The van der Waals surface area contributed by atoms with Gasteiger partial charge < -0.3 is 10.2 Å². The Labute approximate surface area is 136 Å². The van der Waals surface area contributed by atoms with E-state index in [-0.39, 0.29) is 4.21 Å². The third-order valence-electron chi connectivity index (χ3n) is 4.60. The summed E-state index contributed by atoms with van der Waals surface area (Å²) in [5.74, 6) is 0.870. The summed E-state index contributed by atoms with van der Waals surface area (Å²) >= 11 is 1.13. The lowest BCUT2D eigenvalue weighted by Gasteiger charge is -2.20. The van der Waals surface area contributed by atoms with E-state index >= 15 is 0 Å². The Morgan fingerprint density at radius 2 is 2.09 bits per heavy atom. The topological polar surface area (TPSA) is 88.3 Å². The van der Waals surface area contributed by atoms with Crippen molar-refractivity contribution in [1.29, 1.82) is 0 Å². The minimum Gasteiger partial charge on any atom is -0.357 e. The molecule has 2 aliphatic rings. The second-order valence-corrected chi connectivity index (χ2v) is 9.23. The molecule has 0 bridgehead atoms. The standard InChI is InChI=1S/C14H24N4O2S2/c1-10-13(22(15,19)20)21-14(16-10)17-12-6-7-18(9-12)8-11-4-2-3-5-11/h11-12H,2-9H2,1H3,(H,16,17)(H2,15,19,20)/t12-/m0/s1. The largest absolute Gasteiger partial charge is 0.357 e. The van der Waals surface area contributed by atoms with Crippen LogP contribution in [-0.2, 0) is 10.0 Å². The SMILES string of the molecule is Cc1nc(N[C@H]2CCN(CC3CCCC3)C2)sc1S(N)(=O)=O. The van der Waals surface area contributed by atoms with Crippen LogP contribution in [-0.4, -0.2) is 44.0 Å². The van der Waals surface area contributed by atoms with E-state index in [1.54, 1.807) is 6.92 Å². The number of nitrogens with two attached hydrogens (primary N) is 1. The fourth-order valence-corrected chi connectivity index (χ4v) is 5.49. The van der Waals surface area contributed by atoms with Gasteiger partial charge in [0.2, 0.25) is 10.0 Å². The van der Waals surface area contributed by atoms with Crippen LogP contribution in [0.4, 0.5) is 5.13 Å². The number of aromatic nitrogens is 1. The van der Waals surface area contributed by atoms with E-state index in [0.29, 0.717) is 16.9 Å². The molecule has 0 radical (unpaired) electrons. The predicted octanol–water partition coefficient (Wildman–Crippen LogP) is 1.78. The number of hydrogen-bond acceptors (Lipinski definition) is 6. The summed E-state index contributed by atoms with van der Waals surface area (Å²) in [7, 11) is -3.67. The maximum absolute atomic E-state index is 11.5. The summed E-state index contributed by atoms with van der Waals surface area (Å²) in [6.07, 6.45) is 6.59. The van der Waals surface area contributed by atoms with Crippen LogP contribution in [0.1, 0.15) is 37.8 Å². The number of primary sulfonamides is 1. The van der Waals surface area contributed by atoms with E-state index in [1.165, 1.54) is 32.2 Å². The van der Waals surface area contributed by atoms with Crippen molar-refractivity contribution in [3.05, 3.63) is 5.69 Å². The monoisotopic (exact) mass is 344 g/mol. The number of hydrogen-bond donors (Lipinski definition) is 2. The molecule has 2 fully saturated rings. The molecule has 3 rings (SSSR count). The quantitative estimate of drug-likeness (QED) is 0.850. The minimum atomic E-state index is -3.67. The average molecular weight is 345 g/mol. The highest BCUT2D eigenvalue weighted by Crippen LogP contribution is 2.29. The third kappa shape index (κ3) is 3.79. The number of nitrogens with zero attached hydrogens (tertiary/aromatic N) is 2. The molecule has 1 aromatic rings. The van der Waals surface area contributed by atoms with E-state index in [2.05, 4.69) is 15.2 Å². The smallest absolute Gasteiger partial charge is 0.249 e. The number of rotatable bonds is 5. The fraction of sp³-hybridized carbons (Fsp3) is 0.786. The summed E-state index contributed by atoms with van der Waals surface area (Å²) in [5, 5.41) is 9.24. The maximum Gasteiger partial charge on any atom is 0.249 e. The van der Waals surface area contributed by atoms with Gasteiger partial charge in [0.25, 0.3) is 0 Å². The molecular formula is C14H24N4O2S2. The molecule has 0 unspecified atom stereocenters. The van der Waals surface area contributed by atoms with E-state index < -0.39 is 10.0 Å². The number of sulfonamides is 1. The molecule has 1 aliphatic carbocycles. The number of likely N-dealkylation sites (tertiary alicyclic amines) is 1. The highest BCUT2D eigenvalue weighted by Gasteiger charge is 2.27. The lowest BCUT2D eigenvalue weighted by molar-refractivity contribution is 0.278. The van der Waals surface area contributed by atoms with Crippen LogP contribution < -0.4 is 10.5 Å². The number of aryl methyl sites for hydroxylation is 1. The molecule has 6 nitrogen and oxygen atoms in total. The van der Waals surface area contributed by atoms with Crippen molar-refractivity contribution in [3.63, 3.8) is 0 Å². The van der Waals surface area contributed by atoms with Crippen LogP contribution in [0.25, 0.3) is 0 Å². The third-order valence-corrected chi connectivity index (χ3v) is 7.25. The Balaban J connectivity index is 1.56. The summed E-state index contributed by atoms with van der Waals surface area (Å²) in [4.78, 5) is 6.82. The Bertz CT molecular complexity index is 623. The van der Waals surface area contributed by atoms with Crippen molar-refractivity contribution in [3.8, 4) is 0 Å². The van der Waals surface area contributed by atoms with Gasteiger partial charge in [-0.15, -0.1) is 0 Å². The van der Waals surface area contributed by atoms with Crippen LogP contribution in [0.2, 0.25) is 0 Å². The molecule has 3 N–H and O–H groups in total.